The molecular formula is C9H10N2. The van der Waals surface area contributed by atoms with E-state index in [4.69, 9.17) is 0 Å². The van der Waals surface area contributed by atoms with E-state index >= 15 is 0 Å². The average molecular weight is 146 g/mol. The Morgan fingerprint density at radius 1 is 1.64 bits per heavy atom. The molecule has 56 valence electrons. The maximum atomic E-state index is 4.12. The Morgan fingerprint density at radius 3 is 3.09 bits per heavy atom. The van der Waals surface area contributed by atoms with Gasteiger partial charge in [-0.3, -0.25) is 9.98 Å². The predicted octanol–water partition coefficient (Wildman–Crippen LogP) is 1.95. The van der Waals surface area contributed by atoms with Gasteiger partial charge in [0, 0.05) is 12.4 Å². The van der Waals surface area contributed by atoms with Crippen LogP contribution in [0.3, 0.4) is 0 Å². The third kappa shape index (κ3) is 2.00. The van der Waals surface area contributed by atoms with Crippen LogP contribution in [0.1, 0.15) is 11.3 Å². The van der Waals surface area contributed by atoms with Gasteiger partial charge < -0.3 is 0 Å². The Balaban J connectivity index is 2.94. The molecule has 0 fully saturated rings. The summed E-state index contributed by atoms with van der Waals surface area (Å²) in [5.41, 5.74) is 2.02. The number of hydrogen-bond acceptors (Lipinski definition) is 2. The van der Waals surface area contributed by atoms with Crippen LogP contribution in [0.2, 0.25) is 0 Å². The molecule has 0 saturated carbocycles. The van der Waals surface area contributed by atoms with Gasteiger partial charge in [0.15, 0.2) is 0 Å². The van der Waals surface area contributed by atoms with Crippen LogP contribution >= 0.6 is 0 Å². The van der Waals surface area contributed by atoms with E-state index in [1.807, 2.05) is 19.1 Å². The van der Waals surface area contributed by atoms with Crippen LogP contribution in [0, 0.1) is 6.92 Å². The molecule has 1 rings (SSSR count). The Morgan fingerprint density at radius 2 is 2.45 bits per heavy atom. The first-order chi connectivity index (χ1) is 5.34. The lowest BCUT2D eigenvalue weighted by molar-refractivity contribution is 1.24. The van der Waals surface area contributed by atoms with Crippen molar-refractivity contribution in [3.8, 4) is 0 Å². The summed E-state index contributed by atoms with van der Waals surface area (Å²) in [6.45, 7) is 5.48. The molecular weight excluding hydrogens is 136 g/mol. The highest BCUT2D eigenvalue weighted by Crippen LogP contribution is 1.99. The van der Waals surface area contributed by atoms with Crippen LogP contribution in [0.4, 0.5) is 0 Å². The zero-order valence-corrected chi connectivity index (χ0v) is 6.49. The number of nitrogens with zero attached hydrogens (tertiary/aromatic N) is 2. The zero-order chi connectivity index (χ0) is 8.10. The molecule has 0 aliphatic heterocycles. The van der Waals surface area contributed by atoms with E-state index in [1.165, 1.54) is 6.20 Å². The molecule has 11 heavy (non-hydrogen) atoms. The van der Waals surface area contributed by atoms with Crippen molar-refractivity contribution < 1.29 is 0 Å². The first-order valence-electron chi connectivity index (χ1n) is 3.40. The van der Waals surface area contributed by atoms with Crippen molar-refractivity contribution in [2.45, 2.75) is 6.92 Å². The molecule has 0 bridgehead atoms. The minimum Gasteiger partial charge on any atom is -0.263 e. The molecule has 0 unspecified atom stereocenters. The van der Waals surface area contributed by atoms with Crippen LogP contribution < -0.4 is 0 Å². The lowest BCUT2D eigenvalue weighted by atomic mass is 10.2. The van der Waals surface area contributed by atoms with E-state index < -0.39 is 0 Å². The van der Waals surface area contributed by atoms with Crippen molar-refractivity contribution in [1.29, 1.82) is 0 Å². The normalized spacial score (nSPS) is 10.3. The van der Waals surface area contributed by atoms with Gasteiger partial charge in [-0.1, -0.05) is 12.6 Å². The maximum Gasteiger partial charge on any atom is 0.0841 e. The van der Waals surface area contributed by atoms with Crippen molar-refractivity contribution in [2.75, 3.05) is 0 Å². The maximum absolute atomic E-state index is 4.12. The van der Waals surface area contributed by atoms with Gasteiger partial charge in [0.1, 0.15) is 0 Å². The van der Waals surface area contributed by atoms with Gasteiger partial charge >= 0.3 is 0 Å². The second-order valence-electron chi connectivity index (χ2n) is 2.17. The highest BCUT2D eigenvalue weighted by Gasteiger charge is 1.91. The van der Waals surface area contributed by atoms with Crippen LogP contribution in [-0.4, -0.2) is 11.2 Å². The Bertz CT molecular complexity index is 277. The molecule has 0 aliphatic carbocycles. The highest BCUT2D eigenvalue weighted by molar-refractivity contribution is 5.79. The lowest BCUT2D eigenvalue weighted by Crippen LogP contribution is -1.89. The van der Waals surface area contributed by atoms with Crippen molar-refractivity contribution >= 4 is 6.21 Å². The van der Waals surface area contributed by atoms with Gasteiger partial charge in [0.25, 0.3) is 0 Å². The smallest absolute Gasteiger partial charge is 0.0841 e. The molecule has 1 aromatic heterocycles. The van der Waals surface area contributed by atoms with Crippen LogP contribution in [0.5, 0.6) is 0 Å². The molecule has 0 N–H and O–H groups in total. The molecule has 0 radical (unpaired) electrons. The van der Waals surface area contributed by atoms with Crippen LogP contribution in [0.25, 0.3) is 0 Å². The summed E-state index contributed by atoms with van der Waals surface area (Å²) in [6.07, 6.45) is 4.94. The van der Waals surface area contributed by atoms with Gasteiger partial charge in [-0.25, -0.2) is 0 Å². The van der Waals surface area contributed by atoms with E-state index in [2.05, 4.69) is 16.6 Å². The molecule has 0 atom stereocenters. The van der Waals surface area contributed by atoms with Crippen molar-refractivity contribution in [1.82, 2.24) is 4.98 Å². The minimum absolute atomic E-state index is 0.896. The minimum atomic E-state index is 0.896. The van der Waals surface area contributed by atoms with Gasteiger partial charge in [-0.05, 0) is 18.6 Å². The number of aromatic nitrogens is 1. The third-order valence-corrected chi connectivity index (χ3v) is 1.35. The molecule has 1 aromatic rings. The molecule has 2 heteroatoms. The van der Waals surface area contributed by atoms with Crippen molar-refractivity contribution in [3.05, 3.63) is 42.4 Å². The largest absolute Gasteiger partial charge is 0.263 e. The fraction of sp³-hybridized carbons (Fsp3) is 0.111. The van der Waals surface area contributed by atoms with Gasteiger partial charge in [0.2, 0.25) is 0 Å². The van der Waals surface area contributed by atoms with E-state index in [-0.39, 0.29) is 0 Å². The standard InChI is InChI=1S/C9H10N2/c1-3-10-7-9-8(2)5-4-6-11-9/h3-7H,1H2,2H3. The SMILES string of the molecule is C=CN=Cc1ncccc1C. The monoisotopic (exact) mass is 146 g/mol. The van der Waals surface area contributed by atoms with Gasteiger partial charge in [-0.15, -0.1) is 0 Å². The van der Waals surface area contributed by atoms with Crippen molar-refractivity contribution in [2.24, 2.45) is 4.99 Å². The molecule has 0 amide bonds. The summed E-state index contributed by atoms with van der Waals surface area (Å²) >= 11 is 0. The van der Waals surface area contributed by atoms with E-state index in [1.54, 1.807) is 12.4 Å². The van der Waals surface area contributed by atoms with Crippen LogP contribution in [-0.2, 0) is 0 Å². The second-order valence-corrected chi connectivity index (χ2v) is 2.17. The molecule has 0 aromatic carbocycles. The summed E-state index contributed by atoms with van der Waals surface area (Å²) in [5.74, 6) is 0. The Kier molecular flexibility index (Phi) is 2.55. The van der Waals surface area contributed by atoms with Crippen LogP contribution in [0.15, 0.2) is 36.1 Å². The number of rotatable bonds is 2. The fourth-order valence-corrected chi connectivity index (χ4v) is 0.756. The summed E-state index contributed by atoms with van der Waals surface area (Å²) in [6, 6.07) is 3.90. The van der Waals surface area contributed by atoms with E-state index in [0.29, 0.717) is 0 Å². The number of pyridine rings is 1. The molecule has 0 saturated heterocycles. The fourth-order valence-electron chi connectivity index (χ4n) is 0.756. The topological polar surface area (TPSA) is 25.2 Å². The third-order valence-electron chi connectivity index (χ3n) is 1.35. The lowest BCUT2D eigenvalue weighted by Gasteiger charge is -1.94. The average Bonchev–Trinajstić information content (AvgIpc) is 2.03. The highest BCUT2D eigenvalue weighted by atomic mass is 14.7. The Hall–Kier alpha value is -1.44. The molecule has 0 aliphatic rings. The number of aliphatic imine (C=N–C) groups is 1. The summed E-state index contributed by atoms with van der Waals surface area (Å²) in [4.78, 5) is 8.00. The number of hydrogen-bond donors (Lipinski definition) is 0. The van der Waals surface area contributed by atoms with Crippen molar-refractivity contribution in [3.63, 3.8) is 0 Å². The predicted molar refractivity (Wildman–Crippen MR) is 46.8 cm³/mol. The first-order valence-corrected chi connectivity index (χ1v) is 3.40. The van der Waals surface area contributed by atoms with E-state index in [0.717, 1.165) is 11.3 Å². The Labute approximate surface area is 66.3 Å². The summed E-state index contributed by atoms with van der Waals surface area (Å²) in [5, 5.41) is 0. The molecule has 2 nitrogen and oxygen atoms in total. The quantitative estimate of drug-likeness (QED) is 0.585. The summed E-state index contributed by atoms with van der Waals surface area (Å²) < 4.78 is 0. The van der Waals surface area contributed by atoms with Gasteiger partial charge in [0.05, 0.1) is 11.9 Å². The van der Waals surface area contributed by atoms with Gasteiger partial charge in [-0.2, -0.15) is 0 Å². The second kappa shape index (κ2) is 3.66. The number of aryl methyl sites for hydroxylation is 1. The molecule has 0 spiro atoms. The summed E-state index contributed by atoms with van der Waals surface area (Å²) in [7, 11) is 0. The zero-order valence-electron chi connectivity index (χ0n) is 6.49. The first kappa shape index (κ1) is 7.66. The molecule has 1 heterocycles. The van der Waals surface area contributed by atoms with E-state index in [9.17, 15) is 0 Å².